The van der Waals surface area contributed by atoms with E-state index in [1.165, 1.54) is 24.0 Å². The SMILES string of the molecule is Cc1cc(C2CC2)cnc1N1CCN(C(O)c2ccc(N3C(O)OC[C@H]3COC(O)c3ccccc3)cc2)CC1. The summed E-state index contributed by atoms with van der Waals surface area (Å²) >= 11 is 0. The van der Waals surface area contributed by atoms with Crippen molar-refractivity contribution in [2.24, 2.45) is 0 Å². The van der Waals surface area contributed by atoms with E-state index in [2.05, 4.69) is 22.8 Å². The first-order chi connectivity index (χ1) is 19.5. The molecule has 2 aromatic carbocycles. The number of piperazine rings is 1. The van der Waals surface area contributed by atoms with Gasteiger partial charge in [0.15, 0.2) is 6.29 Å². The lowest BCUT2D eigenvalue weighted by Gasteiger charge is -2.38. The van der Waals surface area contributed by atoms with Crippen LogP contribution in [0.3, 0.4) is 0 Å². The van der Waals surface area contributed by atoms with Crippen molar-refractivity contribution in [3.63, 3.8) is 0 Å². The van der Waals surface area contributed by atoms with Crippen LogP contribution in [0.1, 0.15) is 53.5 Å². The highest BCUT2D eigenvalue weighted by atomic mass is 16.6. The molecule has 40 heavy (non-hydrogen) atoms. The molecular weight excluding hydrogens is 508 g/mol. The van der Waals surface area contributed by atoms with Gasteiger partial charge in [-0.25, -0.2) is 4.98 Å². The molecular formula is C31H38N4O5. The molecule has 1 aliphatic carbocycles. The van der Waals surface area contributed by atoms with Crippen molar-refractivity contribution >= 4 is 11.5 Å². The first-order valence-corrected chi connectivity index (χ1v) is 14.1. The van der Waals surface area contributed by atoms with Gasteiger partial charge in [0.25, 0.3) is 0 Å². The van der Waals surface area contributed by atoms with Gasteiger partial charge in [0, 0.05) is 43.6 Å². The molecule has 2 aliphatic heterocycles. The molecule has 3 unspecified atom stereocenters. The second kappa shape index (κ2) is 11.8. The average Bonchev–Trinajstić information content (AvgIpc) is 3.78. The lowest BCUT2D eigenvalue weighted by molar-refractivity contribution is -0.106. The topological polar surface area (TPSA) is 102 Å². The molecule has 6 rings (SSSR count). The van der Waals surface area contributed by atoms with E-state index in [4.69, 9.17) is 14.5 Å². The van der Waals surface area contributed by atoms with Gasteiger partial charge in [0.1, 0.15) is 12.0 Å². The van der Waals surface area contributed by atoms with Gasteiger partial charge in [0.2, 0.25) is 6.41 Å². The Morgan fingerprint density at radius 3 is 2.38 bits per heavy atom. The highest BCUT2D eigenvalue weighted by molar-refractivity contribution is 5.50. The molecule has 0 spiro atoms. The second-order valence-electron chi connectivity index (χ2n) is 11.0. The molecule has 212 valence electrons. The van der Waals surface area contributed by atoms with E-state index in [1.54, 1.807) is 17.0 Å². The fourth-order valence-corrected chi connectivity index (χ4v) is 5.69. The minimum Gasteiger partial charge on any atom is -0.374 e. The van der Waals surface area contributed by atoms with Gasteiger partial charge >= 0.3 is 0 Å². The maximum Gasteiger partial charge on any atom is 0.238 e. The highest BCUT2D eigenvalue weighted by Crippen LogP contribution is 2.40. The molecule has 3 aliphatic rings. The molecule has 1 aromatic heterocycles. The van der Waals surface area contributed by atoms with E-state index in [-0.39, 0.29) is 19.3 Å². The molecule has 3 fully saturated rings. The van der Waals surface area contributed by atoms with E-state index in [1.807, 2.05) is 48.7 Å². The van der Waals surface area contributed by atoms with Crippen LogP contribution in [-0.2, 0) is 9.47 Å². The predicted molar refractivity (Wildman–Crippen MR) is 152 cm³/mol. The van der Waals surface area contributed by atoms with E-state index in [9.17, 15) is 15.3 Å². The number of ether oxygens (including phenoxy) is 2. The van der Waals surface area contributed by atoms with Crippen LogP contribution >= 0.6 is 0 Å². The van der Waals surface area contributed by atoms with Crippen molar-refractivity contribution in [3.05, 3.63) is 89.1 Å². The van der Waals surface area contributed by atoms with Crippen LogP contribution in [0.15, 0.2) is 66.9 Å². The van der Waals surface area contributed by atoms with Gasteiger partial charge in [-0.2, -0.15) is 0 Å². The number of aliphatic hydroxyl groups excluding tert-OH is 3. The summed E-state index contributed by atoms with van der Waals surface area (Å²) in [5.74, 6) is 1.75. The molecule has 0 radical (unpaired) electrons. The summed E-state index contributed by atoms with van der Waals surface area (Å²) in [6.07, 6.45) is 1.70. The van der Waals surface area contributed by atoms with Gasteiger partial charge in [-0.15, -0.1) is 0 Å². The summed E-state index contributed by atoms with van der Waals surface area (Å²) in [7, 11) is 0. The Labute approximate surface area is 235 Å². The van der Waals surface area contributed by atoms with E-state index >= 15 is 0 Å². The third-order valence-corrected chi connectivity index (χ3v) is 8.17. The van der Waals surface area contributed by atoms with E-state index in [0.29, 0.717) is 11.5 Å². The predicted octanol–water partition coefficient (Wildman–Crippen LogP) is 3.27. The van der Waals surface area contributed by atoms with Crippen molar-refractivity contribution < 1.29 is 24.8 Å². The minimum absolute atomic E-state index is 0.180. The molecule has 1 saturated carbocycles. The van der Waals surface area contributed by atoms with Crippen LogP contribution in [0.4, 0.5) is 11.5 Å². The molecule has 0 bridgehead atoms. The van der Waals surface area contributed by atoms with Gasteiger partial charge in [-0.3, -0.25) is 4.90 Å². The number of hydrogen-bond acceptors (Lipinski definition) is 9. The number of anilines is 2. The molecule has 3 aromatic rings. The maximum atomic E-state index is 11.1. The van der Waals surface area contributed by atoms with Crippen molar-refractivity contribution in [1.29, 1.82) is 0 Å². The van der Waals surface area contributed by atoms with Crippen molar-refractivity contribution in [1.82, 2.24) is 9.88 Å². The Kier molecular flexibility index (Phi) is 8.02. The summed E-state index contributed by atoms with van der Waals surface area (Å²) in [5, 5.41) is 32.0. The number of nitrogens with zero attached hydrogens (tertiary/aromatic N) is 4. The van der Waals surface area contributed by atoms with Crippen LogP contribution in [0.5, 0.6) is 0 Å². The maximum absolute atomic E-state index is 11.1. The van der Waals surface area contributed by atoms with E-state index in [0.717, 1.165) is 43.2 Å². The Morgan fingerprint density at radius 1 is 0.975 bits per heavy atom. The third kappa shape index (κ3) is 5.85. The van der Waals surface area contributed by atoms with E-state index < -0.39 is 18.9 Å². The second-order valence-corrected chi connectivity index (χ2v) is 11.0. The fraction of sp³-hybridized carbons (Fsp3) is 0.452. The van der Waals surface area contributed by atoms with Crippen LogP contribution in [-0.4, -0.2) is 77.1 Å². The average molecular weight is 547 g/mol. The molecule has 9 heteroatoms. The monoisotopic (exact) mass is 546 g/mol. The summed E-state index contributed by atoms with van der Waals surface area (Å²) in [6.45, 7) is 5.67. The molecule has 3 N–H and O–H groups in total. The Bertz CT molecular complexity index is 1260. The molecule has 9 nitrogen and oxygen atoms in total. The molecule has 2 saturated heterocycles. The number of aromatic nitrogens is 1. The number of benzene rings is 2. The lowest BCUT2D eigenvalue weighted by atomic mass is 10.1. The number of aliphatic hydroxyl groups is 3. The molecule has 0 amide bonds. The normalized spacial score (nSPS) is 23.4. The first-order valence-electron chi connectivity index (χ1n) is 14.1. The van der Waals surface area contributed by atoms with Crippen LogP contribution < -0.4 is 9.80 Å². The number of aryl methyl sites for hydroxylation is 1. The van der Waals surface area contributed by atoms with Gasteiger partial charge < -0.3 is 34.6 Å². The number of hydrogen-bond donors (Lipinski definition) is 3. The largest absolute Gasteiger partial charge is 0.374 e. The molecule has 3 heterocycles. The number of pyridine rings is 1. The smallest absolute Gasteiger partial charge is 0.238 e. The lowest BCUT2D eigenvalue weighted by Crippen LogP contribution is -2.48. The Morgan fingerprint density at radius 2 is 1.70 bits per heavy atom. The summed E-state index contributed by atoms with van der Waals surface area (Å²) in [6, 6.07) is 18.7. The Balaban J connectivity index is 1.04. The Hall–Kier alpha value is -3.05. The van der Waals surface area contributed by atoms with Crippen molar-refractivity contribution in [2.45, 2.75) is 50.7 Å². The zero-order valence-corrected chi connectivity index (χ0v) is 22.8. The van der Waals surface area contributed by atoms with Gasteiger partial charge in [0.05, 0.1) is 19.3 Å². The summed E-state index contributed by atoms with van der Waals surface area (Å²) in [5.41, 5.74) is 4.80. The zero-order chi connectivity index (χ0) is 27.6. The minimum atomic E-state index is -1.11. The van der Waals surface area contributed by atoms with Gasteiger partial charge in [-0.1, -0.05) is 48.5 Å². The van der Waals surface area contributed by atoms with Crippen LogP contribution in [0.2, 0.25) is 0 Å². The summed E-state index contributed by atoms with van der Waals surface area (Å²) < 4.78 is 11.2. The quantitative estimate of drug-likeness (QED) is 0.349. The third-order valence-electron chi connectivity index (χ3n) is 8.17. The summed E-state index contributed by atoms with van der Waals surface area (Å²) in [4.78, 5) is 10.9. The highest BCUT2D eigenvalue weighted by Gasteiger charge is 2.34. The van der Waals surface area contributed by atoms with Crippen molar-refractivity contribution in [3.8, 4) is 0 Å². The standard InChI is InChI=1S/C31H38N4O5/c1-21-17-25(22-7-8-22)18-32-28(21)33-13-15-34(16-14-33)29(36)23-9-11-26(12-10-23)35-27(20-40-31(35)38)19-39-30(37)24-5-3-2-4-6-24/h2-6,9-12,17-18,22,27,29-31,36-38H,7-8,13-16,19-20H2,1H3/t27-,29?,30?,31?/m1/s1. The van der Waals surface area contributed by atoms with Crippen LogP contribution in [0.25, 0.3) is 0 Å². The van der Waals surface area contributed by atoms with Crippen molar-refractivity contribution in [2.75, 3.05) is 49.2 Å². The van der Waals surface area contributed by atoms with Crippen LogP contribution in [0, 0.1) is 6.92 Å². The molecule has 4 atom stereocenters. The fourth-order valence-electron chi connectivity index (χ4n) is 5.69. The first kappa shape index (κ1) is 27.1. The zero-order valence-electron chi connectivity index (χ0n) is 22.8. The van der Waals surface area contributed by atoms with Gasteiger partial charge in [-0.05, 0) is 54.5 Å². The number of rotatable bonds is 9.